The zero-order chi connectivity index (χ0) is 9.23. The molecule has 0 saturated heterocycles. The fourth-order valence-electron chi connectivity index (χ4n) is 0.528. The quantitative estimate of drug-likeness (QED) is 0.244. The lowest BCUT2D eigenvalue weighted by Gasteiger charge is -2.10. The third-order valence-electron chi connectivity index (χ3n) is 0.953. The second kappa shape index (κ2) is 8.96. The molecule has 0 bridgehead atoms. The first-order valence-electron chi connectivity index (χ1n) is 4.06. The van der Waals surface area contributed by atoms with Crippen LogP contribution >= 0.6 is 0 Å². The van der Waals surface area contributed by atoms with Gasteiger partial charge in [0.2, 0.25) is 0 Å². The van der Waals surface area contributed by atoms with Crippen LogP contribution in [0.1, 0.15) is 13.8 Å². The summed E-state index contributed by atoms with van der Waals surface area (Å²) in [7, 11) is -0.744. The molecule has 5 nitrogen and oxygen atoms in total. The first-order chi connectivity index (χ1) is 5.85. The Hall–Kier alpha value is -0.135. The van der Waals surface area contributed by atoms with E-state index in [4.69, 9.17) is 19.8 Å². The Morgan fingerprint density at radius 2 is 1.75 bits per heavy atom. The van der Waals surface area contributed by atoms with Crippen molar-refractivity contribution in [3.05, 3.63) is 0 Å². The van der Waals surface area contributed by atoms with E-state index in [9.17, 15) is 0 Å². The Morgan fingerprint density at radius 3 is 2.17 bits per heavy atom. The van der Waals surface area contributed by atoms with E-state index in [1.165, 1.54) is 0 Å². The predicted octanol–water partition coefficient (Wildman–Crippen LogP) is -0.0488. The number of hydrogen-bond donors (Lipinski definition) is 1. The maximum absolute atomic E-state index is 5.18. The summed E-state index contributed by atoms with van der Waals surface area (Å²) in [6.45, 7) is 5.45. The minimum atomic E-state index is -0.744. The Morgan fingerprint density at radius 1 is 1.17 bits per heavy atom. The smallest absolute Gasteiger partial charge is 0.385 e. The van der Waals surface area contributed by atoms with E-state index >= 15 is 0 Å². The van der Waals surface area contributed by atoms with Crippen LogP contribution in [0.2, 0.25) is 0 Å². The highest BCUT2D eigenvalue weighted by molar-refractivity contribution is 6.35. The lowest BCUT2D eigenvalue weighted by molar-refractivity contribution is -0.237. The highest BCUT2D eigenvalue weighted by Crippen LogP contribution is 1.92. The molecule has 0 aromatic carbocycles. The van der Waals surface area contributed by atoms with Crippen LogP contribution in [0.25, 0.3) is 0 Å². The van der Waals surface area contributed by atoms with Crippen molar-refractivity contribution in [2.24, 2.45) is 5.73 Å². The van der Waals surface area contributed by atoms with Gasteiger partial charge < -0.3 is 15.0 Å². The van der Waals surface area contributed by atoms with Gasteiger partial charge in [-0.25, -0.2) is 9.69 Å². The summed E-state index contributed by atoms with van der Waals surface area (Å²) in [6, 6.07) is 0. The van der Waals surface area contributed by atoms with E-state index in [0.29, 0.717) is 26.4 Å². The van der Waals surface area contributed by atoms with Crippen LogP contribution < -0.4 is 5.73 Å². The molecule has 0 unspecified atom stereocenters. The fourth-order valence-corrected chi connectivity index (χ4v) is 0.528. The minimum absolute atomic E-state index is 0.330. The van der Waals surface area contributed by atoms with Crippen molar-refractivity contribution in [1.82, 2.24) is 0 Å². The molecule has 0 radical (unpaired) electrons. The summed E-state index contributed by atoms with van der Waals surface area (Å²) in [5.41, 5.74) is 5.18. The summed E-state index contributed by atoms with van der Waals surface area (Å²) < 4.78 is 10.0. The van der Waals surface area contributed by atoms with Gasteiger partial charge in [0, 0.05) is 19.8 Å². The molecular weight excluding hydrogens is 161 g/mol. The molecule has 0 spiro atoms. The molecule has 0 fully saturated rings. The topological polar surface area (TPSA) is 62.9 Å². The summed E-state index contributed by atoms with van der Waals surface area (Å²) in [5.74, 6) is 0. The molecule has 0 rings (SSSR count). The van der Waals surface area contributed by atoms with Crippen molar-refractivity contribution >= 4 is 7.32 Å². The van der Waals surface area contributed by atoms with E-state index in [1.807, 2.05) is 13.8 Å². The third-order valence-corrected chi connectivity index (χ3v) is 0.953. The van der Waals surface area contributed by atoms with E-state index in [0.717, 1.165) is 0 Å². The maximum Gasteiger partial charge on any atom is 0.668 e. The van der Waals surface area contributed by atoms with Crippen LogP contribution in [0.15, 0.2) is 0 Å². The second-order valence-electron chi connectivity index (χ2n) is 1.91. The van der Waals surface area contributed by atoms with E-state index in [2.05, 4.69) is 4.89 Å². The summed E-state index contributed by atoms with van der Waals surface area (Å²) >= 11 is 0. The van der Waals surface area contributed by atoms with Crippen LogP contribution in [0, 0.1) is 0 Å². The Kier molecular flexibility index (Phi) is 8.86. The Labute approximate surface area is 73.2 Å². The number of nitrogens with two attached hydrogens (primary N) is 1. The Balaban J connectivity index is 3.34. The van der Waals surface area contributed by atoms with Crippen LogP contribution in [0.4, 0.5) is 0 Å². The van der Waals surface area contributed by atoms with Crippen molar-refractivity contribution in [3.8, 4) is 0 Å². The lowest BCUT2D eigenvalue weighted by atomic mass is 10.2. The van der Waals surface area contributed by atoms with Gasteiger partial charge in [-0.1, -0.05) is 0 Å². The molecule has 0 aliphatic rings. The lowest BCUT2D eigenvalue weighted by Crippen LogP contribution is -2.28. The first-order valence-corrected chi connectivity index (χ1v) is 4.06. The van der Waals surface area contributed by atoms with Gasteiger partial charge in [0.1, 0.15) is 0 Å². The average Bonchev–Trinajstić information content (AvgIpc) is 2.06. The molecule has 0 aromatic rings. The van der Waals surface area contributed by atoms with Gasteiger partial charge >= 0.3 is 7.32 Å². The number of rotatable bonds is 8. The van der Waals surface area contributed by atoms with Gasteiger partial charge in [-0.3, -0.25) is 0 Å². The molecule has 0 aromatic heterocycles. The standard InChI is InChI=1S/C6H16BNO4/c1-3-9-7(10-4-2)12-11-6-5-8/h3-6,8H2,1-2H3. The molecule has 12 heavy (non-hydrogen) atoms. The second-order valence-corrected chi connectivity index (χ2v) is 1.91. The van der Waals surface area contributed by atoms with Crippen molar-refractivity contribution in [2.75, 3.05) is 26.4 Å². The summed E-state index contributed by atoms with van der Waals surface area (Å²) in [5, 5.41) is 0. The molecule has 0 aliphatic carbocycles. The maximum atomic E-state index is 5.18. The summed E-state index contributed by atoms with van der Waals surface area (Å²) in [6.07, 6.45) is 0. The Bertz CT molecular complexity index is 89.6. The normalized spacial score (nSPS) is 10.2. The third kappa shape index (κ3) is 6.57. The highest BCUT2D eigenvalue weighted by Gasteiger charge is 2.20. The van der Waals surface area contributed by atoms with Crippen molar-refractivity contribution in [3.63, 3.8) is 0 Å². The zero-order valence-electron chi connectivity index (χ0n) is 7.62. The van der Waals surface area contributed by atoms with Gasteiger partial charge in [0.05, 0.1) is 6.61 Å². The molecule has 0 aliphatic heterocycles. The minimum Gasteiger partial charge on any atom is -0.385 e. The van der Waals surface area contributed by atoms with Crippen molar-refractivity contribution in [1.29, 1.82) is 0 Å². The highest BCUT2D eigenvalue weighted by atomic mass is 17.2. The molecule has 0 saturated carbocycles. The average molecular weight is 177 g/mol. The van der Waals surface area contributed by atoms with Crippen LogP contribution in [0.5, 0.6) is 0 Å². The van der Waals surface area contributed by atoms with Crippen molar-refractivity contribution < 1.29 is 19.0 Å². The fraction of sp³-hybridized carbons (Fsp3) is 1.00. The van der Waals surface area contributed by atoms with E-state index in [-0.39, 0.29) is 0 Å². The molecule has 0 atom stereocenters. The van der Waals surface area contributed by atoms with Gasteiger partial charge in [0.25, 0.3) is 0 Å². The monoisotopic (exact) mass is 177 g/mol. The van der Waals surface area contributed by atoms with Crippen LogP contribution in [0.3, 0.4) is 0 Å². The SMILES string of the molecule is CCOB(OCC)OOCCN. The first kappa shape index (κ1) is 11.9. The van der Waals surface area contributed by atoms with Gasteiger partial charge in [-0.15, -0.1) is 0 Å². The largest absolute Gasteiger partial charge is 0.668 e. The van der Waals surface area contributed by atoms with E-state index in [1.54, 1.807) is 0 Å². The zero-order valence-corrected chi connectivity index (χ0v) is 7.62. The molecule has 2 N–H and O–H groups in total. The molecular formula is C6H16BNO4. The van der Waals surface area contributed by atoms with Gasteiger partial charge in [-0.2, -0.15) is 0 Å². The van der Waals surface area contributed by atoms with Crippen molar-refractivity contribution in [2.45, 2.75) is 13.8 Å². The predicted molar refractivity (Wildman–Crippen MR) is 45.1 cm³/mol. The number of hydrogen-bond acceptors (Lipinski definition) is 5. The molecule has 72 valence electrons. The van der Waals surface area contributed by atoms with Gasteiger partial charge in [0.15, 0.2) is 0 Å². The van der Waals surface area contributed by atoms with Crippen LogP contribution in [-0.2, 0) is 19.0 Å². The molecule has 0 heterocycles. The molecule has 0 amide bonds. The van der Waals surface area contributed by atoms with Gasteiger partial charge in [-0.05, 0) is 13.8 Å². The van der Waals surface area contributed by atoms with E-state index < -0.39 is 7.32 Å². The van der Waals surface area contributed by atoms with Crippen LogP contribution in [-0.4, -0.2) is 33.7 Å². The molecule has 6 heteroatoms. The summed E-state index contributed by atoms with van der Waals surface area (Å²) in [4.78, 5) is 9.41.